The van der Waals surface area contributed by atoms with Crippen LogP contribution >= 0.6 is 0 Å². The summed E-state index contributed by atoms with van der Waals surface area (Å²) in [4.78, 5) is 0. The van der Waals surface area contributed by atoms with E-state index in [1.54, 1.807) is 11.3 Å². The minimum absolute atomic E-state index is 0.785. The molecule has 0 aliphatic carbocycles. The van der Waals surface area contributed by atoms with Crippen molar-refractivity contribution in [2.45, 2.75) is 70.2 Å². The molecule has 0 saturated heterocycles. The molecule has 0 bridgehead atoms. The second-order valence-electron chi connectivity index (χ2n) is 8.83. The molecular weight excluding hydrogens is 437 g/mol. The van der Waals surface area contributed by atoms with Gasteiger partial charge in [0.15, 0.2) is 0 Å². The van der Waals surface area contributed by atoms with Crippen LogP contribution in [0.2, 0.25) is 70.2 Å². The van der Waals surface area contributed by atoms with Crippen molar-refractivity contribution >= 4 is 46.0 Å². The summed E-state index contributed by atoms with van der Waals surface area (Å²) in [5.41, 5.74) is 0. The molecule has 0 aromatic carbocycles. The third-order valence-electron chi connectivity index (χ3n) is 2.09. The fourth-order valence-corrected chi connectivity index (χ4v) is 66.2. The third kappa shape index (κ3) is 12.0. The Balaban J connectivity index is 4.53. The molecule has 0 aromatic heterocycles. The summed E-state index contributed by atoms with van der Waals surface area (Å²) in [6.07, 6.45) is 0. The predicted octanol–water partition coefficient (Wildman–Crippen LogP) is 5.11. The van der Waals surface area contributed by atoms with Gasteiger partial charge in [0.2, 0.25) is 0 Å². The third-order valence-corrected chi connectivity index (χ3v) is 55.1. The molecule has 4 heteroatoms. The van der Waals surface area contributed by atoms with Crippen LogP contribution in [0.5, 0.6) is 0 Å². The zero-order valence-electron chi connectivity index (χ0n) is 13.1. The van der Waals surface area contributed by atoms with Gasteiger partial charge in [0.25, 0.3) is 0 Å². The summed E-state index contributed by atoms with van der Waals surface area (Å²) >= 11 is -1.11. The summed E-state index contributed by atoms with van der Waals surface area (Å²) in [6, 6.07) is 0. The molecule has 0 saturated carbocycles. The molecule has 0 rings (SSSR count). The Kier molecular flexibility index (Phi) is 6.71. The molecule has 16 heavy (non-hydrogen) atoms. The van der Waals surface area contributed by atoms with E-state index in [1.807, 2.05) is 0 Å². The van der Waals surface area contributed by atoms with Crippen LogP contribution in [0.15, 0.2) is 0 Å². The first-order valence-corrected chi connectivity index (χ1v) is 25.0. The molecule has 0 atom stereocenters. The van der Waals surface area contributed by atoms with Crippen LogP contribution in [0.3, 0.4) is 0 Å². The zero-order valence-corrected chi connectivity index (χ0v) is 19.5. The van der Waals surface area contributed by atoms with Gasteiger partial charge in [-0.3, -0.25) is 0 Å². The summed E-state index contributed by atoms with van der Waals surface area (Å²) in [5, 5.41) is 0. The maximum absolute atomic E-state index is 2.59. The molecule has 0 unspecified atom stereocenters. The molecular formula is C12H33BiSi3. The van der Waals surface area contributed by atoms with Crippen LogP contribution in [0.25, 0.3) is 0 Å². The summed E-state index contributed by atoms with van der Waals surface area (Å²) in [6.45, 7) is 23.3. The Morgan fingerprint density at radius 1 is 0.500 bits per heavy atom. The van der Waals surface area contributed by atoms with E-state index in [4.69, 9.17) is 0 Å². The van der Waals surface area contributed by atoms with E-state index in [2.05, 4.69) is 58.9 Å². The van der Waals surface area contributed by atoms with E-state index in [9.17, 15) is 0 Å². The summed E-state index contributed by atoms with van der Waals surface area (Å²) in [7, 11) is -2.35. The van der Waals surface area contributed by atoms with Gasteiger partial charge < -0.3 is 0 Å². The molecule has 0 nitrogen and oxygen atoms in total. The van der Waals surface area contributed by atoms with Gasteiger partial charge in [0.05, 0.1) is 0 Å². The average molecular weight is 471 g/mol. The van der Waals surface area contributed by atoms with Crippen LogP contribution in [-0.2, 0) is 0 Å². The second kappa shape index (κ2) is 6.12. The van der Waals surface area contributed by atoms with Crippen molar-refractivity contribution in [1.29, 1.82) is 0 Å². The molecule has 98 valence electrons. The Hall–Kier alpha value is 1.53. The van der Waals surface area contributed by atoms with Gasteiger partial charge in [0, 0.05) is 0 Å². The number of rotatable bonds is 6. The second-order valence-corrected chi connectivity index (χ2v) is 41.4. The van der Waals surface area contributed by atoms with Crippen molar-refractivity contribution < 1.29 is 0 Å². The first kappa shape index (κ1) is 17.5. The van der Waals surface area contributed by atoms with Gasteiger partial charge in [0.1, 0.15) is 0 Å². The van der Waals surface area contributed by atoms with Crippen LogP contribution in [0.4, 0.5) is 0 Å². The Morgan fingerprint density at radius 3 is 0.812 bits per heavy atom. The Bertz CT molecular complexity index is 170. The Labute approximate surface area is 115 Å². The van der Waals surface area contributed by atoms with Gasteiger partial charge in [-0.2, -0.15) is 0 Å². The van der Waals surface area contributed by atoms with Crippen LogP contribution < -0.4 is 0 Å². The van der Waals surface area contributed by atoms with Gasteiger partial charge in [-0.1, -0.05) is 0 Å². The fraction of sp³-hybridized carbons (Fsp3) is 1.00. The number of hydrogen-bond acceptors (Lipinski definition) is 0. The van der Waals surface area contributed by atoms with Crippen molar-refractivity contribution in [2.24, 2.45) is 0 Å². The van der Waals surface area contributed by atoms with E-state index < -0.39 is 46.0 Å². The quantitative estimate of drug-likeness (QED) is 0.473. The van der Waals surface area contributed by atoms with E-state index in [-0.39, 0.29) is 0 Å². The van der Waals surface area contributed by atoms with E-state index in [0.29, 0.717) is 0 Å². The van der Waals surface area contributed by atoms with Gasteiger partial charge in [-0.05, 0) is 0 Å². The van der Waals surface area contributed by atoms with E-state index >= 15 is 0 Å². The molecule has 0 heterocycles. The van der Waals surface area contributed by atoms with E-state index in [0.717, 1.165) is 0 Å². The molecule has 0 amide bonds. The first-order valence-electron chi connectivity index (χ1n) is 6.51. The topological polar surface area (TPSA) is 0 Å². The summed E-state index contributed by atoms with van der Waals surface area (Å²) in [5.74, 6) is 0. The standard InChI is InChI=1S/3C4H11Si.Bi/c3*1-5(2,3)4;/h3*1H2,2-4H3;. The predicted molar refractivity (Wildman–Crippen MR) is 90.2 cm³/mol. The van der Waals surface area contributed by atoms with Gasteiger partial charge >= 0.3 is 116 Å². The maximum atomic E-state index is 2.59. The molecule has 0 spiro atoms. The van der Waals surface area contributed by atoms with E-state index in [1.165, 1.54) is 0 Å². The van der Waals surface area contributed by atoms with Gasteiger partial charge in [-0.25, -0.2) is 0 Å². The molecule has 0 radical (unpaired) electrons. The monoisotopic (exact) mass is 470 g/mol. The average Bonchev–Trinajstić information content (AvgIpc) is 1.70. The molecule has 0 fully saturated rings. The van der Waals surface area contributed by atoms with Crippen LogP contribution in [0, 0.1) is 0 Å². The summed E-state index contributed by atoms with van der Waals surface area (Å²) < 4.78 is 5.28. The minimum atomic E-state index is -1.11. The van der Waals surface area contributed by atoms with Crippen molar-refractivity contribution in [2.75, 3.05) is 0 Å². The molecule has 0 N–H and O–H groups in total. The zero-order chi connectivity index (χ0) is 13.2. The molecule has 0 aliphatic rings. The normalized spacial score (nSPS) is 14.6. The van der Waals surface area contributed by atoms with Crippen molar-refractivity contribution in [3.05, 3.63) is 0 Å². The van der Waals surface area contributed by atoms with Crippen molar-refractivity contribution in [3.63, 3.8) is 0 Å². The van der Waals surface area contributed by atoms with Crippen LogP contribution in [-0.4, -0.2) is 46.0 Å². The molecule has 0 aliphatic heterocycles. The van der Waals surface area contributed by atoms with Crippen LogP contribution in [0.1, 0.15) is 0 Å². The molecule has 0 aromatic rings. The van der Waals surface area contributed by atoms with Gasteiger partial charge in [-0.15, -0.1) is 0 Å². The number of hydrogen-bond donors (Lipinski definition) is 0. The fourth-order valence-electron chi connectivity index (χ4n) is 2.18. The Morgan fingerprint density at radius 2 is 0.688 bits per heavy atom. The van der Waals surface area contributed by atoms with Crippen molar-refractivity contribution in [3.8, 4) is 0 Å². The van der Waals surface area contributed by atoms with Crippen molar-refractivity contribution in [1.82, 2.24) is 0 Å². The first-order chi connectivity index (χ1) is 6.79. The SMILES string of the molecule is C[Si](C)(C)[CH2][Bi]([CH2][Si](C)(C)C)[CH2][Si](C)(C)C.